The second-order valence-corrected chi connectivity index (χ2v) is 4.02. The molecule has 0 N–H and O–H groups in total. The second-order valence-electron chi connectivity index (χ2n) is 2.87. The van der Waals surface area contributed by atoms with Crippen molar-refractivity contribution in [1.82, 2.24) is 4.98 Å². The molecule has 0 amide bonds. The maximum Gasteiger partial charge on any atom is 0.198 e. The highest BCUT2D eigenvalue weighted by atomic mass is 32.2. The van der Waals surface area contributed by atoms with Crippen molar-refractivity contribution in [2.24, 2.45) is 0 Å². The summed E-state index contributed by atoms with van der Waals surface area (Å²) in [6.07, 6.45) is 3.03. The molecule has 2 nitrogen and oxygen atoms in total. The fourth-order valence-electron chi connectivity index (χ4n) is 1.29. The number of oxazole rings is 1. The Morgan fingerprint density at radius 2 is 2.64 bits per heavy atom. The highest BCUT2D eigenvalue weighted by Crippen LogP contribution is 2.31. The topological polar surface area (TPSA) is 26.0 Å². The van der Waals surface area contributed by atoms with Crippen LogP contribution in [0.15, 0.2) is 10.6 Å². The van der Waals surface area contributed by atoms with E-state index in [0.29, 0.717) is 5.92 Å². The number of aryl methyl sites for hydroxylation is 1. The van der Waals surface area contributed by atoms with Crippen LogP contribution in [-0.2, 0) is 0 Å². The van der Waals surface area contributed by atoms with Crippen LogP contribution in [0, 0.1) is 6.92 Å². The third kappa shape index (κ3) is 1.43. The van der Waals surface area contributed by atoms with E-state index in [1.165, 1.54) is 17.9 Å². The van der Waals surface area contributed by atoms with Gasteiger partial charge in [-0.15, -0.1) is 0 Å². The molecule has 1 saturated heterocycles. The van der Waals surface area contributed by atoms with Crippen molar-refractivity contribution < 1.29 is 4.42 Å². The highest BCUT2D eigenvalue weighted by molar-refractivity contribution is 7.99. The average Bonchev–Trinajstić information content (AvgIpc) is 2.55. The summed E-state index contributed by atoms with van der Waals surface area (Å²) in [4.78, 5) is 4.22. The van der Waals surface area contributed by atoms with Crippen molar-refractivity contribution in [2.45, 2.75) is 19.3 Å². The zero-order chi connectivity index (χ0) is 7.68. The Bertz CT molecular complexity index is 240. The molecule has 0 spiro atoms. The van der Waals surface area contributed by atoms with Gasteiger partial charge in [0.15, 0.2) is 5.89 Å². The summed E-state index contributed by atoms with van der Waals surface area (Å²) in [6, 6.07) is 0. The number of hydrogen-bond donors (Lipinski definition) is 0. The van der Waals surface area contributed by atoms with Gasteiger partial charge in [0, 0.05) is 11.7 Å². The SMILES string of the molecule is Cc1cnc(C2CCSC2)o1. The van der Waals surface area contributed by atoms with E-state index >= 15 is 0 Å². The van der Waals surface area contributed by atoms with Crippen LogP contribution in [0.25, 0.3) is 0 Å². The molecule has 11 heavy (non-hydrogen) atoms. The van der Waals surface area contributed by atoms with Crippen LogP contribution in [-0.4, -0.2) is 16.5 Å². The maximum atomic E-state index is 5.44. The van der Waals surface area contributed by atoms with Crippen LogP contribution >= 0.6 is 11.8 Å². The van der Waals surface area contributed by atoms with Gasteiger partial charge < -0.3 is 4.42 Å². The van der Waals surface area contributed by atoms with Crippen LogP contribution in [0.2, 0.25) is 0 Å². The monoisotopic (exact) mass is 169 g/mol. The molecular formula is C8H11NOS. The first kappa shape index (κ1) is 7.22. The van der Waals surface area contributed by atoms with E-state index in [2.05, 4.69) is 4.98 Å². The first-order valence-electron chi connectivity index (χ1n) is 3.86. The van der Waals surface area contributed by atoms with Gasteiger partial charge in [-0.1, -0.05) is 0 Å². The molecule has 1 unspecified atom stereocenters. The van der Waals surface area contributed by atoms with Gasteiger partial charge in [0.25, 0.3) is 0 Å². The molecule has 1 aliphatic rings. The molecule has 0 aromatic carbocycles. The largest absolute Gasteiger partial charge is 0.446 e. The zero-order valence-corrected chi connectivity index (χ0v) is 7.36. The predicted molar refractivity (Wildman–Crippen MR) is 45.9 cm³/mol. The van der Waals surface area contributed by atoms with Crippen molar-refractivity contribution in [1.29, 1.82) is 0 Å². The van der Waals surface area contributed by atoms with Gasteiger partial charge in [0.2, 0.25) is 0 Å². The number of aromatic nitrogens is 1. The smallest absolute Gasteiger partial charge is 0.198 e. The first-order chi connectivity index (χ1) is 5.36. The van der Waals surface area contributed by atoms with E-state index in [-0.39, 0.29) is 0 Å². The van der Waals surface area contributed by atoms with E-state index < -0.39 is 0 Å². The summed E-state index contributed by atoms with van der Waals surface area (Å²) in [5.41, 5.74) is 0. The molecule has 0 radical (unpaired) electrons. The molecule has 0 aliphatic carbocycles. The standard InChI is InChI=1S/C8H11NOS/c1-6-4-9-8(10-6)7-2-3-11-5-7/h4,7H,2-3,5H2,1H3. The molecule has 1 aliphatic heterocycles. The van der Waals surface area contributed by atoms with Crippen molar-refractivity contribution >= 4 is 11.8 Å². The Labute approximate surface area is 70.4 Å². The van der Waals surface area contributed by atoms with Crippen LogP contribution in [0.1, 0.15) is 24.0 Å². The molecule has 2 rings (SSSR count). The highest BCUT2D eigenvalue weighted by Gasteiger charge is 2.21. The fourth-order valence-corrected chi connectivity index (χ4v) is 2.50. The summed E-state index contributed by atoms with van der Waals surface area (Å²) in [5, 5.41) is 0. The Morgan fingerprint density at radius 3 is 3.18 bits per heavy atom. The molecule has 60 valence electrons. The van der Waals surface area contributed by atoms with Crippen LogP contribution in [0.5, 0.6) is 0 Å². The molecule has 1 atom stereocenters. The molecule has 3 heteroatoms. The van der Waals surface area contributed by atoms with Gasteiger partial charge in [0.1, 0.15) is 5.76 Å². The van der Waals surface area contributed by atoms with E-state index in [1.807, 2.05) is 18.7 Å². The molecule has 1 fully saturated rings. The van der Waals surface area contributed by atoms with Gasteiger partial charge >= 0.3 is 0 Å². The summed E-state index contributed by atoms with van der Waals surface area (Å²) < 4.78 is 5.44. The van der Waals surface area contributed by atoms with Crippen LogP contribution < -0.4 is 0 Å². The van der Waals surface area contributed by atoms with Gasteiger partial charge in [-0.2, -0.15) is 11.8 Å². The van der Waals surface area contributed by atoms with E-state index in [9.17, 15) is 0 Å². The van der Waals surface area contributed by atoms with Crippen molar-refractivity contribution in [3.05, 3.63) is 17.8 Å². The fraction of sp³-hybridized carbons (Fsp3) is 0.625. The third-order valence-corrected chi connectivity index (χ3v) is 3.08. The quantitative estimate of drug-likeness (QED) is 0.644. The number of rotatable bonds is 1. The molecule has 1 aromatic rings. The van der Waals surface area contributed by atoms with Gasteiger partial charge in [-0.3, -0.25) is 0 Å². The van der Waals surface area contributed by atoms with Gasteiger partial charge in [0.05, 0.1) is 6.20 Å². The van der Waals surface area contributed by atoms with Crippen molar-refractivity contribution in [3.8, 4) is 0 Å². The Hall–Kier alpha value is -0.440. The minimum atomic E-state index is 0.577. The minimum absolute atomic E-state index is 0.577. The van der Waals surface area contributed by atoms with Gasteiger partial charge in [-0.25, -0.2) is 4.98 Å². The zero-order valence-electron chi connectivity index (χ0n) is 6.54. The molecule has 1 aromatic heterocycles. The summed E-state index contributed by atoms with van der Waals surface area (Å²) >= 11 is 1.99. The molecule has 0 saturated carbocycles. The Morgan fingerprint density at radius 1 is 1.73 bits per heavy atom. The van der Waals surface area contributed by atoms with Crippen LogP contribution in [0.4, 0.5) is 0 Å². The predicted octanol–water partition coefficient (Wildman–Crippen LogP) is 2.20. The Balaban J connectivity index is 2.15. The summed E-state index contributed by atoms with van der Waals surface area (Å²) in [5.74, 6) is 4.88. The first-order valence-corrected chi connectivity index (χ1v) is 5.02. The normalized spacial score (nSPS) is 24.3. The lowest BCUT2D eigenvalue weighted by molar-refractivity contribution is 0.442. The van der Waals surface area contributed by atoms with Crippen LogP contribution in [0.3, 0.4) is 0 Å². The van der Waals surface area contributed by atoms with E-state index in [1.54, 1.807) is 6.20 Å². The summed E-state index contributed by atoms with van der Waals surface area (Å²) in [6.45, 7) is 1.94. The second kappa shape index (κ2) is 2.89. The lowest BCUT2D eigenvalue weighted by atomic mass is 10.1. The van der Waals surface area contributed by atoms with E-state index in [0.717, 1.165) is 11.7 Å². The number of nitrogens with zero attached hydrogens (tertiary/aromatic N) is 1. The van der Waals surface area contributed by atoms with Gasteiger partial charge in [-0.05, 0) is 19.1 Å². The number of hydrogen-bond acceptors (Lipinski definition) is 3. The third-order valence-electron chi connectivity index (χ3n) is 1.92. The molecular weight excluding hydrogens is 158 g/mol. The number of thioether (sulfide) groups is 1. The van der Waals surface area contributed by atoms with E-state index in [4.69, 9.17) is 4.42 Å². The molecule has 0 bridgehead atoms. The summed E-state index contributed by atoms with van der Waals surface area (Å²) in [7, 11) is 0. The lowest BCUT2D eigenvalue weighted by Gasteiger charge is -1.99. The maximum absolute atomic E-state index is 5.44. The lowest BCUT2D eigenvalue weighted by Crippen LogP contribution is -1.95. The van der Waals surface area contributed by atoms with Crippen molar-refractivity contribution in [2.75, 3.05) is 11.5 Å². The van der Waals surface area contributed by atoms with Crippen molar-refractivity contribution in [3.63, 3.8) is 0 Å². The Kier molecular flexibility index (Phi) is 1.90. The molecule has 2 heterocycles. The minimum Gasteiger partial charge on any atom is -0.446 e. The average molecular weight is 169 g/mol.